The fourth-order valence-electron chi connectivity index (χ4n) is 3.05. The van der Waals surface area contributed by atoms with Gasteiger partial charge in [0.05, 0.1) is 6.54 Å². The smallest absolute Gasteiger partial charge is 0.246 e. The topological polar surface area (TPSA) is 128 Å². The highest BCUT2D eigenvalue weighted by Gasteiger charge is 2.26. The Labute approximate surface area is 154 Å². The van der Waals surface area contributed by atoms with Gasteiger partial charge in [-0.25, -0.2) is 19.6 Å². The average molecular weight is 369 g/mol. The lowest BCUT2D eigenvalue weighted by Crippen LogP contribution is -2.40. The Kier molecular flexibility index (Phi) is 4.73. The zero-order valence-electron chi connectivity index (χ0n) is 14.8. The molecule has 1 fully saturated rings. The molecule has 11 nitrogen and oxygen atoms in total. The molecule has 0 aliphatic carbocycles. The number of nitrogens with zero attached hydrogens (tertiary/aromatic N) is 8. The summed E-state index contributed by atoms with van der Waals surface area (Å²) in [7, 11) is 0. The van der Waals surface area contributed by atoms with Crippen LogP contribution in [-0.2, 0) is 11.3 Å². The summed E-state index contributed by atoms with van der Waals surface area (Å²) < 4.78 is 6.60. The van der Waals surface area contributed by atoms with Crippen molar-refractivity contribution < 1.29 is 9.32 Å². The van der Waals surface area contributed by atoms with Gasteiger partial charge in [0.15, 0.2) is 11.6 Å². The lowest BCUT2D eigenvalue weighted by molar-refractivity contribution is -0.125. The molecule has 4 rings (SSSR count). The van der Waals surface area contributed by atoms with Crippen molar-refractivity contribution in [1.29, 1.82) is 0 Å². The molecule has 1 amide bonds. The Morgan fingerprint density at radius 2 is 2.07 bits per heavy atom. The minimum atomic E-state index is -0.0399. The summed E-state index contributed by atoms with van der Waals surface area (Å²) in [5, 5.41) is 10.7. The van der Waals surface area contributed by atoms with E-state index in [-0.39, 0.29) is 18.4 Å². The van der Waals surface area contributed by atoms with Crippen molar-refractivity contribution in [2.45, 2.75) is 26.3 Å². The summed E-state index contributed by atoms with van der Waals surface area (Å²) in [5.74, 6) is 2.42. The highest BCUT2D eigenvalue weighted by molar-refractivity contribution is 5.78. The second-order valence-electron chi connectivity index (χ2n) is 6.29. The van der Waals surface area contributed by atoms with E-state index in [0.717, 1.165) is 31.7 Å². The van der Waals surface area contributed by atoms with Gasteiger partial charge in [-0.05, 0) is 19.8 Å². The third-order valence-electron chi connectivity index (χ3n) is 4.46. The number of rotatable bonds is 5. The maximum absolute atomic E-state index is 12.4. The number of nitrogens with one attached hydrogen (secondary N) is 1. The summed E-state index contributed by atoms with van der Waals surface area (Å²) in [6, 6.07) is 1.87. The lowest BCUT2D eigenvalue weighted by Gasteiger charge is -2.32. The zero-order chi connectivity index (χ0) is 18.6. The Balaban J connectivity index is 1.32. The standard InChI is InChI=1S/C16H19N9O2/c1-11-22-15(27-23-11)7-18-16(26)12-2-4-24(5-3-12)13-6-14(20-9-19-13)25-10-17-8-21-25/h6,8-10,12H,2-5,7H2,1H3,(H,18,26). The van der Waals surface area contributed by atoms with Crippen molar-refractivity contribution in [3.05, 3.63) is 36.8 Å². The van der Waals surface area contributed by atoms with Crippen molar-refractivity contribution in [1.82, 2.24) is 40.2 Å². The van der Waals surface area contributed by atoms with Gasteiger partial charge in [0.2, 0.25) is 11.8 Å². The first-order chi connectivity index (χ1) is 13.2. The van der Waals surface area contributed by atoms with E-state index in [1.165, 1.54) is 12.7 Å². The quantitative estimate of drug-likeness (QED) is 0.674. The molecule has 1 aliphatic rings. The molecule has 3 aromatic rings. The summed E-state index contributed by atoms with van der Waals surface area (Å²) in [5.41, 5.74) is 0. The van der Waals surface area contributed by atoms with Crippen LogP contribution < -0.4 is 10.2 Å². The number of aromatic nitrogens is 7. The fourth-order valence-corrected chi connectivity index (χ4v) is 3.05. The van der Waals surface area contributed by atoms with Crippen LogP contribution >= 0.6 is 0 Å². The fraction of sp³-hybridized carbons (Fsp3) is 0.438. The predicted molar refractivity (Wildman–Crippen MR) is 92.8 cm³/mol. The Hall–Kier alpha value is -3.37. The molecule has 0 bridgehead atoms. The Morgan fingerprint density at radius 3 is 2.78 bits per heavy atom. The molecule has 140 valence electrons. The molecule has 1 N–H and O–H groups in total. The Bertz CT molecular complexity index is 900. The molecule has 0 spiro atoms. The maximum atomic E-state index is 12.4. The van der Waals surface area contributed by atoms with E-state index in [9.17, 15) is 4.79 Å². The predicted octanol–water partition coefficient (Wildman–Crippen LogP) is 0.282. The molecule has 4 heterocycles. The molecule has 0 aromatic carbocycles. The number of amides is 1. The normalized spacial score (nSPS) is 15.1. The minimum Gasteiger partial charge on any atom is -0.356 e. The van der Waals surface area contributed by atoms with E-state index in [1.807, 2.05) is 6.07 Å². The zero-order valence-corrected chi connectivity index (χ0v) is 14.8. The first-order valence-electron chi connectivity index (χ1n) is 8.68. The molecule has 11 heteroatoms. The van der Waals surface area contributed by atoms with Crippen LogP contribution in [0.15, 0.2) is 29.6 Å². The van der Waals surface area contributed by atoms with Crippen LogP contribution in [0.2, 0.25) is 0 Å². The van der Waals surface area contributed by atoms with Crippen LogP contribution in [0, 0.1) is 12.8 Å². The van der Waals surface area contributed by atoms with Crippen LogP contribution in [0.1, 0.15) is 24.6 Å². The summed E-state index contributed by atoms with van der Waals surface area (Å²) in [6.45, 7) is 3.48. The third-order valence-corrected chi connectivity index (χ3v) is 4.46. The van der Waals surface area contributed by atoms with E-state index in [4.69, 9.17) is 4.52 Å². The summed E-state index contributed by atoms with van der Waals surface area (Å²) >= 11 is 0. The molecule has 27 heavy (non-hydrogen) atoms. The number of anilines is 1. The largest absolute Gasteiger partial charge is 0.356 e. The van der Waals surface area contributed by atoms with Crippen LogP contribution in [0.25, 0.3) is 5.82 Å². The highest BCUT2D eigenvalue weighted by Crippen LogP contribution is 2.22. The average Bonchev–Trinajstić information content (AvgIpc) is 3.38. The van der Waals surface area contributed by atoms with Crippen molar-refractivity contribution in [2.24, 2.45) is 5.92 Å². The number of hydrogen-bond donors (Lipinski definition) is 1. The van der Waals surface area contributed by atoms with Gasteiger partial charge in [-0.3, -0.25) is 4.79 Å². The maximum Gasteiger partial charge on any atom is 0.246 e. The van der Waals surface area contributed by atoms with Crippen LogP contribution in [0.3, 0.4) is 0 Å². The van der Waals surface area contributed by atoms with Crippen molar-refractivity contribution in [3.8, 4) is 5.82 Å². The SMILES string of the molecule is Cc1noc(CNC(=O)C2CCN(c3cc(-n4cncn4)ncn3)CC2)n1. The molecule has 0 radical (unpaired) electrons. The molecular weight excluding hydrogens is 350 g/mol. The van der Waals surface area contributed by atoms with Crippen molar-refractivity contribution in [2.75, 3.05) is 18.0 Å². The van der Waals surface area contributed by atoms with Gasteiger partial charge in [0, 0.05) is 25.1 Å². The number of aryl methyl sites for hydroxylation is 1. The monoisotopic (exact) mass is 369 g/mol. The molecule has 0 saturated carbocycles. The van der Waals surface area contributed by atoms with E-state index in [0.29, 0.717) is 17.5 Å². The highest BCUT2D eigenvalue weighted by atomic mass is 16.5. The molecule has 0 atom stereocenters. The number of carbonyl (C=O) groups excluding carboxylic acids is 1. The van der Waals surface area contributed by atoms with Gasteiger partial charge in [0.25, 0.3) is 0 Å². The van der Waals surface area contributed by atoms with Gasteiger partial charge in [-0.15, -0.1) is 0 Å². The number of piperidine rings is 1. The molecule has 0 unspecified atom stereocenters. The minimum absolute atomic E-state index is 0.0106. The third kappa shape index (κ3) is 3.91. The summed E-state index contributed by atoms with van der Waals surface area (Å²) in [4.78, 5) is 31.1. The number of carbonyl (C=O) groups is 1. The molecular formula is C16H19N9O2. The molecule has 1 saturated heterocycles. The van der Waals surface area contributed by atoms with Crippen LogP contribution in [0.4, 0.5) is 5.82 Å². The van der Waals surface area contributed by atoms with Gasteiger partial charge in [0.1, 0.15) is 24.8 Å². The first-order valence-corrected chi connectivity index (χ1v) is 8.68. The van der Waals surface area contributed by atoms with E-state index in [2.05, 4.69) is 40.4 Å². The van der Waals surface area contributed by atoms with E-state index in [1.54, 1.807) is 17.9 Å². The van der Waals surface area contributed by atoms with Gasteiger partial charge in [-0.2, -0.15) is 10.1 Å². The van der Waals surface area contributed by atoms with Crippen LogP contribution in [-0.4, -0.2) is 53.9 Å². The van der Waals surface area contributed by atoms with Crippen molar-refractivity contribution in [3.63, 3.8) is 0 Å². The van der Waals surface area contributed by atoms with Gasteiger partial charge < -0.3 is 14.7 Å². The summed E-state index contributed by atoms with van der Waals surface area (Å²) in [6.07, 6.45) is 6.06. The second-order valence-corrected chi connectivity index (χ2v) is 6.29. The van der Waals surface area contributed by atoms with Gasteiger partial charge >= 0.3 is 0 Å². The molecule has 3 aromatic heterocycles. The second kappa shape index (κ2) is 7.48. The van der Waals surface area contributed by atoms with Gasteiger partial charge in [-0.1, -0.05) is 5.16 Å². The van der Waals surface area contributed by atoms with Crippen LogP contribution in [0.5, 0.6) is 0 Å². The van der Waals surface area contributed by atoms with E-state index < -0.39 is 0 Å². The van der Waals surface area contributed by atoms with E-state index >= 15 is 0 Å². The lowest BCUT2D eigenvalue weighted by atomic mass is 9.96. The first kappa shape index (κ1) is 17.1. The molecule has 1 aliphatic heterocycles. The van der Waals surface area contributed by atoms with Crippen molar-refractivity contribution >= 4 is 11.7 Å². The Morgan fingerprint density at radius 1 is 1.26 bits per heavy atom. The number of hydrogen-bond acceptors (Lipinski definition) is 9.